The van der Waals surface area contributed by atoms with Crippen molar-refractivity contribution in [2.45, 2.75) is 6.54 Å². The van der Waals surface area contributed by atoms with Gasteiger partial charge in [-0.3, -0.25) is 14.9 Å². The minimum atomic E-state index is -0.510. The Bertz CT molecular complexity index is 980. The normalized spacial score (nSPS) is 10.8. The molecule has 1 heterocycles. The molecule has 1 aromatic heterocycles. The van der Waals surface area contributed by atoms with E-state index in [9.17, 15) is 14.9 Å². The number of pyridine rings is 1. The summed E-state index contributed by atoms with van der Waals surface area (Å²) in [5, 5.41) is 12.0. The number of fused-ring (bicyclic) bond motifs is 1. The summed E-state index contributed by atoms with van der Waals surface area (Å²) in [6.45, 7) is 0.378. The molecular formula is C17H13BrN2O4. The fourth-order valence-corrected chi connectivity index (χ4v) is 2.99. The fourth-order valence-electron chi connectivity index (χ4n) is 2.49. The molecule has 0 spiro atoms. The van der Waals surface area contributed by atoms with Crippen LogP contribution in [0.25, 0.3) is 10.8 Å². The number of hydrogen-bond donors (Lipinski definition) is 0. The van der Waals surface area contributed by atoms with Crippen molar-refractivity contribution in [2.75, 3.05) is 7.11 Å². The first kappa shape index (κ1) is 16.2. The standard InChI is InChI=1S/C17H13BrN2O4/c1-24-13-4-2-11(3-5-13)10-19-7-6-12-8-15(18)16(20(22)23)9-14(12)17(19)21/h2-9H,10H2,1H3. The van der Waals surface area contributed by atoms with Gasteiger partial charge in [-0.05, 0) is 51.1 Å². The molecule has 24 heavy (non-hydrogen) atoms. The molecule has 0 unspecified atom stereocenters. The van der Waals surface area contributed by atoms with E-state index in [-0.39, 0.29) is 11.2 Å². The largest absolute Gasteiger partial charge is 0.497 e. The van der Waals surface area contributed by atoms with E-state index in [1.165, 1.54) is 10.6 Å². The van der Waals surface area contributed by atoms with Crippen molar-refractivity contribution in [1.82, 2.24) is 4.57 Å². The van der Waals surface area contributed by atoms with Crippen molar-refractivity contribution in [3.05, 3.63) is 79.2 Å². The van der Waals surface area contributed by atoms with E-state index < -0.39 is 4.92 Å². The van der Waals surface area contributed by atoms with Gasteiger partial charge in [-0.2, -0.15) is 0 Å². The number of nitrogens with zero attached hydrogens (tertiary/aromatic N) is 2. The predicted octanol–water partition coefficient (Wildman–Crippen LogP) is 3.73. The highest BCUT2D eigenvalue weighted by atomic mass is 79.9. The molecule has 0 radical (unpaired) electrons. The SMILES string of the molecule is COc1ccc(Cn2ccc3cc(Br)c([N+](=O)[O-])cc3c2=O)cc1. The molecule has 3 aromatic rings. The average molecular weight is 389 g/mol. The number of rotatable bonds is 4. The molecule has 0 fully saturated rings. The second-order valence-corrected chi connectivity index (χ2v) is 6.10. The van der Waals surface area contributed by atoms with Crippen LogP contribution in [0, 0.1) is 10.1 Å². The van der Waals surface area contributed by atoms with Gasteiger partial charge in [0.15, 0.2) is 0 Å². The molecule has 0 saturated heterocycles. The Labute approximate surface area is 145 Å². The van der Waals surface area contributed by atoms with Crippen molar-refractivity contribution in [2.24, 2.45) is 0 Å². The lowest BCUT2D eigenvalue weighted by Crippen LogP contribution is -2.20. The van der Waals surface area contributed by atoms with Gasteiger partial charge < -0.3 is 9.30 Å². The summed E-state index contributed by atoms with van der Waals surface area (Å²) in [6.07, 6.45) is 1.69. The van der Waals surface area contributed by atoms with Crippen LogP contribution < -0.4 is 10.3 Å². The quantitative estimate of drug-likeness (QED) is 0.504. The number of nitro groups is 1. The van der Waals surface area contributed by atoms with Gasteiger partial charge in [0.1, 0.15) is 5.75 Å². The van der Waals surface area contributed by atoms with Gasteiger partial charge in [0.05, 0.1) is 28.4 Å². The number of nitro benzene ring substituents is 1. The molecule has 0 aliphatic carbocycles. The topological polar surface area (TPSA) is 74.4 Å². The van der Waals surface area contributed by atoms with Gasteiger partial charge in [-0.15, -0.1) is 0 Å². The first-order valence-corrected chi connectivity index (χ1v) is 7.89. The highest BCUT2D eigenvalue weighted by molar-refractivity contribution is 9.10. The van der Waals surface area contributed by atoms with E-state index in [1.807, 2.05) is 24.3 Å². The summed E-state index contributed by atoms with van der Waals surface area (Å²) >= 11 is 3.17. The van der Waals surface area contributed by atoms with Gasteiger partial charge in [-0.25, -0.2) is 0 Å². The van der Waals surface area contributed by atoms with E-state index in [0.29, 0.717) is 21.8 Å². The van der Waals surface area contributed by atoms with E-state index in [4.69, 9.17) is 4.74 Å². The van der Waals surface area contributed by atoms with E-state index in [1.54, 1.807) is 25.4 Å². The third-order valence-electron chi connectivity index (χ3n) is 3.75. The van der Waals surface area contributed by atoms with E-state index in [0.717, 1.165) is 11.3 Å². The van der Waals surface area contributed by atoms with Gasteiger partial charge in [-0.1, -0.05) is 12.1 Å². The van der Waals surface area contributed by atoms with Gasteiger partial charge in [0, 0.05) is 12.3 Å². The molecule has 3 rings (SSSR count). The molecule has 0 saturated carbocycles. The van der Waals surface area contributed by atoms with E-state index in [2.05, 4.69) is 15.9 Å². The Balaban J connectivity index is 2.05. The molecule has 0 amide bonds. The Kier molecular flexibility index (Phi) is 4.35. The lowest BCUT2D eigenvalue weighted by molar-refractivity contribution is -0.385. The molecule has 0 N–H and O–H groups in total. The molecule has 7 heteroatoms. The van der Waals surface area contributed by atoms with Crippen LogP contribution >= 0.6 is 15.9 Å². The van der Waals surface area contributed by atoms with Crippen molar-refractivity contribution < 1.29 is 9.66 Å². The van der Waals surface area contributed by atoms with E-state index >= 15 is 0 Å². The van der Waals surface area contributed by atoms with Crippen LogP contribution in [0.4, 0.5) is 5.69 Å². The maximum absolute atomic E-state index is 12.6. The second kappa shape index (κ2) is 6.45. The Morgan fingerprint density at radius 3 is 2.54 bits per heavy atom. The maximum Gasteiger partial charge on any atom is 0.284 e. The zero-order valence-electron chi connectivity index (χ0n) is 12.7. The smallest absolute Gasteiger partial charge is 0.284 e. The second-order valence-electron chi connectivity index (χ2n) is 5.24. The molecule has 0 bridgehead atoms. The van der Waals surface area contributed by atoms with Crippen molar-refractivity contribution >= 4 is 32.4 Å². The monoisotopic (exact) mass is 388 g/mol. The van der Waals surface area contributed by atoms with Crippen molar-refractivity contribution in [1.29, 1.82) is 0 Å². The summed E-state index contributed by atoms with van der Waals surface area (Å²) in [5.41, 5.74) is 0.546. The molecule has 0 aliphatic heterocycles. The Morgan fingerprint density at radius 1 is 1.21 bits per heavy atom. The summed E-state index contributed by atoms with van der Waals surface area (Å²) in [7, 11) is 1.59. The third-order valence-corrected chi connectivity index (χ3v) is 4.39. The summed E-state index contributed by atoms with van der Waals surface area (Å²) in [4.78, 5) is 23.2. The molecule has 6 nitrogen and oxygen atoms in total. The van der Waals surface area contributed by atoms with Gasteiger partial charge in [0.25, 0.3) is 11.2 Å². The van der Waals surface area contributed by atoms with Crippen LogP contribution in [0.15, 0.2) is 57.9 Å². The minimum Gasteiger partial charge on any atom is -0.497 e. The number of ether oxygens (including phenoxy) is 1. The van der Waals surface area contributed by atoms with Crippen molar-refractivity contribution in [3.8, 4) is 5.75 Å². The van der Waals surface area contributed by atoms with Crippen LogP contribution in [0.2, 0.25) is 0 Å². The highest BCUT2D eigenvalue weighted by Gasteiger charge is 2.15. The summed E-state index contributed by atoms with van der Waals surface area (Å²) in [6, 6.07) is 12.1. The van der Waals surface area contributed by atoms with Gasteiger partial charge in [0.2, 0.25) is 0 Å². The fraction of sp³-hybridized carbons (Fsp3) is 0.118. The maximum atomic E-state index is 12.6. The third kappa shape index (κ3) is 3.03. The van der Waals surface area contributed by atoms with Gasteiger partial charge >= 0.3 is 0 Å². The first-order valence-electron chi connectivity index (χ1n) is 7.09. The van der Waals surface area contributed by atoms with Crippen LogP contribution in [-0.2, 0) is 6.54 Å². The number of benzene rings is 2. The van der Waals surface area contributed by atoms with Crippen LogP contribution in [0.3, 0.4) is 0 Å². The van der Waals surface area contributed by atoms with Crippen molar-refractivity contribution in [3.63, 3.8) is 0 Å². The minimum absolute atomic E-state index is 0.123. The first-order chi connectivity index (χ1) is 11.5. The highest BCUT2D eigenvalue weighted by Crippen LogP contribution is 2.28. The Morgan fingerprint density at radius 2 is 1.92 bits per heavy atom. The van der Waals surface area contributed by atoms with Crippen LogP contribution in [-0.4, -0.2) is 16.6 Å². The molecule has 2 aromatic carbocycles. The molecular weight excluding hydrogens is 376 g/mol. The molecule has 0 aliphatic rings. The molecule has 122 valence electrons. The number of methoxy groups -OCH3 is 1. The van der Waals surface area contributed by atoms with Crippen LogP contribution in [0.1, 0.15) is 5.56 Å². The number of hydrogen-bond acceptors (Lipinski definition) is 4. The zero-order chi connectivity index (χ0) is 17.3. The lowest BCUT2D eigenvalue weighted by Gasteiger charge is -2.09. The number of halogens is 1. The zero-order valence-corrected chi connectivity index (χ0v) is 14.3. The average Bonchev–Trinajstić information content (AvgIpc) is 2.57. The van der Waals surface area contributed by atoms with Crippen LogP contribution in [0.5, 0.6) is 5.75 Å². The summed E-state index contributed by atoms with van der Waals surface area (Å²) in [5.74, 6) is 0.741. The number of aromatic nitrogens is 1. The molecule has 0 atom stereocenters. The summed E-state index contributed by atoms with van der Waals surface area (Å²) < 4.78 is 6.99. The Hall–Kier alpha value is -2.67. The lowest BCUT2D eigenvalue weighted by atomic mass is 10.1. The predicted molar refractivity (Wildman–Crippen MR) is 94.7 cm³/mol.